The SMILES string of the molecule is CCOc1ccc(C(=O)Oc2ccc(C=NNC(=O)c3[nH]c4c(Cl)cc(Cl)cc4c3-c3ccccc3Cl)cc2OC)cc1OCC. The summed E-state index contributed by atoms with van der Waals surface area (Å²) in [6.07, 6.45) is 1.43. The molecule has 46 heavy (non-hydrogen) atoms. The van der Waals surface area contributed by atoms with E-state index in [0.717, 1.165) is 0 Å². The van der Waals surface area contributed by atoms with E-state index in [2.05, 4.69) is 15.5 Å². The molecule has 0 saturated carbocycles. The van der Waals surface area contributed by atoms with E-state index in [9.17, 15) is 9.59 Å². The van der Waals surface area contributed by atoms with Crippen LogP contribution in [0.5, 0.6) is 23.0 Å². The first-order valence-corrected chi connectivity index (χ1v) is 15.3. The van der Waals surface area contributed by atoms with Crippen LogP contribution in [0.2, 0.25) is 15.1 Å². The van der Waals surface area contributed by atoms with Crippen molar-refractivity contribution in [2.45, 2.75) is 13.8 Å². The van der Waals surface area contributed by atoms with Crippen LogP contribution in [-0.2, 0) is 0 Å². The highest BCUT2D eigenvalue weighted by atomic mass is 35.5. The van der Waals surface area contributed by atoms with Crippen LogP contribution in [0.25, 0.3) is 22.0 Å². The van der Waals surface area contributed by atoms with Gasteiger partial charge < -0.3 is 23.9 Å². The molecule has 0 aliphatic heterocycles. The Bertz CT molecular complexity index is 1960. The molecule has 0 aliphatic rings. The highest BCUT2D eigenvalue weighted by Gasteiger charge is 2.23. The van der Waals surface area contributed by atoms with Crippen LogP contribution in [0.15, 0.2) is 77.9 Å². The van der Waals surface area contributed by atoms with Gasteiger partial charge in [-0.25, -0.2) is 10.2 Å². The molecule has 0 atom stereocenters. The van der Waals surface area contributed by atoms with E-state index < -0.39 is 11.9 Å². The Kier molecular flexibility index (Phi) is 10.4. The van der Waals surface area contributed by atoms with Crippen LogP contribution in [0.3, 0.4) is 0 Å². The number of nitrogens with zero attached hydrogens (tertiary/aromatic N) is 1. The number of hydrogen-bond donors (Lipinski definition) is 2. The third-order valence-corrected chi connectivity index (χ3v) is 7.59. The lowest BCUT2D eigenvalue weighted by Gasteiger charge is -2.13. The van der Waals surface area contributed by atoms with Gasteiger partial charge in [-0.3, -0.25) is 4.79 Å². The molecule has 0 spiro atoms. The van der Waals surface area contributed by atoms with Crippen molar-refractivity contribution < 1.29 is 28.5 Å². The van der Waals surface area contributed by atoms with Crippen molar-refractivity contribution in [2.24, 2.45) is 5.10 Å². The predicted octanol–water partition coefficient (Wildman–Crippen LogP) is 8.58. The standard InChI is InChI=1S/C34H28Cl3N3O6/c1-4-44-26-13-11-20(15-29(26)45-5-2)34(42)46-27-12-10-19(14-28(27)43-3)18-38-40-33(41)32-30(22-8-6-7-9-24(22)36)23-16-21(35)17-25(37)31(23)39-32/h6-18,39H,4-5H2,1-3H3,(H,40,41). The van der Waals surface area contributed by atoms with Crippen LogP contribution in [0.4, 0.5) is 0 Å². The van der Waals surface area contributed by atoms with E-state index in [1.165, 1.54) is 13.3 Å². The lowest BCUT2D eigenvalue weighted by atomic mass is 10.0. The Morgan fingerprint density at radius 2 is 1.59 bits per heavy atom. The molecule has 5 aromatic rings. The molecule has 0 fully saturated rings. The monoisotopic (exact) mass is 679 g/mol. The molecule has 9 nitrogen and oxygen atoms in total. The number of amides is 1. The molecule has 0 saturated heterocycles. The smallest absolute Gasteiger partial charge is 0.343 e. The quantitative estimate of drug-likeness (QED) is 0.0626. The van der Waals surface area contributed by atoms with Gasteiger partial charge >= 0.3 is 5.97 Å². The van der Waals surface area contributed by atoms with E-state index in [0.29, 0.717) is 67.4 Å². The van der Waals surface area contributed by atoms with Crippen LogP contribution in [0, 0.1) is 0 Å². The summed E-state index contributed by atoms with van der Waals surface area (Å²) in [5.74, 6) is 0.310. The number of aromatic amines is 1. The number of methoxy groups -OCH3 is 1. The van der Waals surface area contributed by atoms with Crippen molar-refractivity contribution in [1.82, 2.24) is 10.4 Å². The topological polar surface area (TPSA) is 111 Å². The number of aromatic nitrogens is 1. The number of fused-ring (bicyclic) bond motifs is 1. The number of esters is 1. The summed E-state index contributed by atoms with van der Waals surface area (Å²) in [5.41, 5.74) is 5.27. The molecular weight excluding hydrogens is 653 g/mol. The first kappa shape index (κ1) is 32.7. The molecule has 5 rings (SSSR count). The molecule has 0 unspecified atom stereocenters. The normalized spacial score (nSPS) is 11.1. The summed E-state index contributed by atoms with van der Waals surface area (Å²) in [7, 11) is 1.45. The second kappa shape index (κ2) is 14.6. The number of hydrazone groups is 1. The summed E-state index contributed by atoms with van der Waals surface area (Å²) in [4.78, 5) is 29.4. The molecule has 1 amide bonds. The third kappa shape index (κ3) is 7.07. The Morgan fingerprint density at radius 1 is 0.848 bits per heavy atom. The van der Waals surface area contributed by atoms with Gasteiger partial charge in [0.2, 0.25) is 0 Å². The van der Waals surface area contributed by atoms with Gasteiger partial charge in [-0.1, -0.05) is 53.0 Å². The van der Waals surface area contributed by atoms with E-state index in [4.69, 9.17) is 53.8 Å². The molecule has 0 aliphatic carbocycles. The Morgan fingerprint density at radius 3 is 2.33 bits per heavy atom. The minimum atomic E-state index is -0.606. The van der Waals surface area contributed by atoms with E-state index in [1.807, 2.05) is 19.9 Å². The molecule has 4 aromatic carbocycles. The van der Waals surface area contributed by atoms with Crippen molar-refractivity contribution in [1.29, 1.82) is 0 Å². The Labute approximate surface area is 280 Å². The minimum absolute atomic E-state index is 0.193. The number of nitrogens with one attached hydrogen (secondary N) is 2. The highest BCUT2D eigenvalue weighted by molar-refractivity contribution is 6.39. The van der Waals surface area contributed by atoms with E-state index >= 15 is 0 Å². The Balaban J connectivity index is 1.35. The third-order valence-electron chi connectivity index (χ3n) is 6.74. The maximum absolute atomic E-state index is 13.4. The zero-order valence-corrected chi connectivity index (χ0v) is 27.2. The summed E-state index contributed by atoms with van der Waals surface area (Å²) in [6, 6.07) is 20.1. The zero-order valence-electron chi connectivity index (χ0n) is 25.0. The molecule has 12 heteroatoms. The van der Waals surface area contributed by atoms with Crippen molar-refractivity contribution in [3.8, 4) is 34.1 Å². The van der Waals surface area contributed by atoms with Crippen molar-refractivity contribution in [2.75, 3.05) is 20.3 Å². The lowest BCUT2D eigenvalue weighted by Crippen LogP contribution is -2.19. The van der Waals surface area contributed by atoms with Gasteiger partial charge in [-0.15, -0.1) is 0 Å². The fourth-order valence-electron chi connectivity index (χ4n) is 4.74. The number of rotatable bonds is 11. The molecule has 0 bridgehead atoms. The van der Waals surface area contributed by atoms with Crippen LogP contribution < -0.4 is 24.4 Å². The average molecular weight is 681 g/mol. The zero-order chi connectivity index (χ0) is 32.8. The summed E-state index contributed by atoms with van der Waals surface area (Å²) >= 11 is 19.2. The first-order chi connectivity index (χ1) is 22.2. The largest absolute Gasteiger partial charge is 0.493 e. The van der Waals surface area contributed by atoms with Crippen molar-refractivity contribution >= 4 is 63.8 Å². The predicted molar refractivity (Wildman–Crippen MR) is 181 cm³/mol. The van der Waals surface area contributed by atoms with Gasteiger partial charge in [-0.2, -0.15) is 5.10 Å². The maximum atomic E-state index is 13.4. The van der Waals surface area contributed by atoms with Crippen molar-refractivity contribution in [3.63, 3.8) is 0 Å². The highest BCUT2D eigenvalue weighted by Crippen LogP contribution is 2.40. The van der Waals surface area contributed by atoms with Crippen LogP contribution in [-0.4, -0.2) is 43.4 Å². The molecule has 2 N–H and O–H groups in total. The maximum Gasteiger partial charge on any atom is 0.343 e. The number of halogens is 3. The summed E-state index contributed by atoms with van der Waals surface area (Å²) in [5, 5.41) is 5.96. The van der Waals surface area contributed by atoms with Crippen molar-refractivity contribution in [3.05, 3.63) is 105 Å². The number of carbonyl (C=O) groups is 2. The number of H-pyrrole nitrogens is 1. The fourth-order valence-corrected chi connectivity index (χ4v) is 5.51. The van der Waals surface area contributed by atoms with Gasteiger partial charge in [0.25, 0.3) is 5.91 Å². The number of hydrogen-bond acceptors (Lipinski definition) is 7. The first-order valence-electron chi connectivity index (χ1n) is 14.1. The van der Waals surface area contributed by atoms with Crippen LogP contribution >= 0.6 is 34.8 Å². The number of carbonyl (C=O) groups excluding carboxylic acids is 2. The number of ether oxygens (including phenoxy) is 4. The second-order valence-electron chi connectivity index (χ2n) is 9.69. The second-order valence-corrected chi connectivity index (χ2v) is 10.9. The van der Waals surface area contributed by atoms with Gasteiger partial charge in [0, 0.05) is 26.6 Å². The molecule has 1 aromatic heterocycles. The lowest BCUT2D eigenvalue weighted by molar-refractivity contribution is 0.0728. The van der Waals surface area contributed by atoms with Crippen LogP contribution in [0.1, 0.15) is 40.3 Å². The fraction of sp³-hybridized carbons (Fsp3) is 0.147. The average Bonchev–Trinajstić information content (AvgIpc) is 3.42. The van der Waals surface area contributed by atoms with Gasteiger partial charge in [0.05, 0.1) is 42.6 Å². The van der Waals surface area contributed by atoms with Gasteiger partial charge in [0.15, 0.2) is 23.0 Å². The molecule has 1 heterocycles. The minimum Gasteiger partial charge on any atom is -0.493 e. The molecular formula is C34H28Cl3N3O6. The Hall–Kier alpha value is -4.70. The summed E-state index contributed by atoms with van der Waals surface area (Å²) in [6.45, 7) is 4.57. The summed E-state index contributed by atoms with van der Waals surface area (Å²) < 4.78 is 22.2. The van der Waals surface area contributed by atoms with Gasteiger partial charge in [0.1, 0.15) is 5.69 Å². The molecule has 0 radical (unpaired) electrons. The number of benzene rings is 4. The van der Waals surface area contributed by atoms with E-state index in [-0.39, 0.29) is 22.8 Å². The van der Waals surface area contributed by atoms with Gasteiger partial charge in [-0.05, 0) is 74.0 Å². The molecule has 236 valence electrons. The van der Waals surface area contributed by atoms with E-state index in [1.54, 1.807) is 66.7 Å².